The number of thiophene rings is 1. The van der Waals surface area contributed by atoms with E-state index in [1.807, 2.05) is 25.2 Å². The molecule has 1 aliphatic carbocycles. The summed E-state index contributed by atoms with van der Waals surface area (Å²) < 4.78 is 10.7. The highest BCUT2D eigenvalue weighted by atomic mass is 32.1. The third-order valence-electron chi connectivity index (χ3n) is 5.19. The minimum atomic E-state index is -0.0614. The summed E-state index contributed by atoms with van der Waals surface area (Å²) in [6.07, 6.45) is 4.59. The van der Waals surface area contributed by atoms with E-state index in [0.717, 1.165) is 48.3 Å². The molecule has 6 nitrogen and oxygen atoms in total. The van der Waals surface area contributed by atoms with Crippen molar-refractivity contribution in [3.63, 3.8) is 0 Å². The third-order valence-corrected chi connectivity index (χ3v) is 6.40. The van der Waals surface area contributed by atoms with E-state index in [9.17, 15) is 10.1 Å². The van der Waals surface area contributed by atoms with Crippen molar-refractivity contribution in [2.75, 3.05) is 33.1 Å². The van der Waals surface area contributed by atoms with Gasteiger partial charge in [-0.25, -0.2) is 0 Å². The Morgan fingerprint density at radius 1 is 1.28 bits per heavy atom. The van der Waals surface area contributed by atoms with Crippen molar-refractivity contribution in [3.05, 3.63) is 39.8 Å². The van der Waals surface area contributed by atoms with Crippen molar-refractivity contribution >= 4 is 22.2 Å². The zero-order chi connectivity index (χ0) is 20.8. The molecule has 0 saturated carbocycles. The summed E-state index contributed by atoms with van der Waals surface area (Å²) in [5, 5.41) is 13.2. The average molecular weight is 414 g/mol. The number of anilines is 1. The van der Waals surface area contributed by atoms with Crippen LogP contribution < -0.4 is 14.8 Å². The molecule has 0 radical (unpaired) electrons. The molecule has 0 fully saturated rings. The number of carbonyl (C=O) groups is 1. The highest BCUT2D eigenvalue weighted by molar-refractivity contribution is 7.16. The third kappa shape index (κ3) is 5.08. The maximum absolute atomic E-state index is 12.5. The second kappa shape index (κ2) is 9.77. The summed E-state index contributed by atoms with van der Waals surface area (Å²) in [4.78, 5) is 15.8. The highest BCUT2D eigenvalue weighted by Gasteiger charge is 2.21. The molecule has 0 unspecified atom stereocenters. The van der Waals surface area contributed by atoms with Crippen LogP contribution in [0.25, 0.3) is 0 Å². The first-order valence-corrected chi connectivity index (χ1v) is 10.6. The smallest absolute Gasteiger partial charge is 0.226 e. The molecule has 0 bridgehead atoms. The molecular weight excluding hydrogens is 386 g/mol. The van der Waals surface area contributed by atoms with Crippen molar-refractivity contribution in [3.8, 4) is 17.6 Å². The Morgan fingerprint density at radius 2 is 2.07 bits per heavy atom. The number of methoxy groups -OCH3 is 2. The van der Waals surface area contributed by atoms with Crippen LogP contribution in [0.5, 0.6) is 11.5 Å². The van der Waals surface area contributed by atoms with E-state index >= 15 is 0 Å². The Balaban J connectivity index is 1.56. The first kappa shape index (κ1) is 21.2. The van der Waals surface area contributed by atoms with Gasteiger partial charge in [-0.2, -0.15) is 5.26 Å². The lowest BCUT2D eigenvalue weighted by Crippen LogP contribution is -2.24. The molecule has 0 saturated heterocycles. The van der Waals surface area contributed by atoms with E-state index in [-0.39, 0.29) is 5.91 Å². The maximum atomic E-state index is 12.5. The number of hydrogen-bond acceptors (Lipinski definition) is 6. The van der Waals surface area contributed by atoms with E-state index in [1.54, 1.807) is 25.6 Å². The first-order chi connectivity index (χ1) is 14.0. The molecule has 1 aromatic heterocycles. The number of nitriles is 1. The molecule has 7 heteroatoms. The summed E-state index contributed by atoms with van der Waals surface area (Å²) >= 11 is 1.56. The normalized spacial score (nSPS) is 12.9. The molecule has 0 atom stereocenters. The van der Waals surface area contributed by atoms with E-state index in [0.29, 0.717) is 30.1 Å². The number of hydrogen-bond donors (Lipinski definition) is 1. The fourth-order valence-corrected chi connectivity index (χ4v) is 4.86. The van der Waals surface area contributed by atoms with Crippen LogP contribution in [0.4, 0.5) is 5.00 Å². The largest absolute Gasteiger partial charge is 0.497 e. The van der Waals surface area contributed by atoms with E-state index < -0.39 is 0 Å². The number of nitrogens with one attached hydrogen (secondary N) is 1. The predicted molar refractivity (Wildman–Crippen MR) is 115 cm³/mol. The Labute approximate surface area is 176 Å². The standard InChI is InChI=1S/C22H27N3O3S/c1-25(14-15-8-9-16(27-2)12-19(15)28-3)11-10-21(26)24-22-18(13-23)17-6-4-5-7-20(17)29-22/h8-9,12H,4-7,10-11,14H2,1-3H3,(H,24,26). The SMILES string of the molecule is COc1ccc(CN(C)CCC(=O)Nc2sc3c(c2C#N)CCCC3)c(OC)c1. The number of benzene rings is 1. The summed E-state index contributed by atoms with van der Waals surface area (Å²) in [6, 6.07) is 8.03. The first-order valence-electron chi connectivity index (χ1n) is 9.79. The number of ether oxygens (including phenoxy) is 2. The van der Waals surface area contributed by atoms with E-state index in [2.05, 4.69) is 16.3 Å². The van der Waals surface area contributed by atoms with Crippen molar-refractivity contribution < 1.29 is 14.3 Å². The van der Waals surface area contributed by atoms with Crippen molar-refractivity contribution in [1.29, 1.82) is 5.26 Å². The van der Waals surface area contributed by atoms with Crippen molar-refractivity contribution in [1.82, 2.24) is 4.90 Å². The summed E-state index contributed by atoms with van der Waals surface area (Å²) in [5.74, 6) is 1.46. The van der Waals surface area contributed by atoms with E-state index in [1.165, 1.54) is 4.88 Å². The van der Waals surface area contributed by atoms with Gasteiger partial charge in [-0.3, -0.25) is 4.79 Å². The second-order valence-corrected chi connectivity index (χ2v) is 8.35. The molecule has 0 spiro atoms. The maximum Gasteiger partial charge on any atom is 0.226 e. The van der Waals surface area contributed by atoms with E-state index in [4.69, 9.17) is 9.47 Å². The number of nitrogens with zero attached hydrogens (tertiary/aromatic N) is 2. The summed E-state index contributed by atoms with van der Waals surface area (Å²) in [5.41, 5.74) is 2.84. The van der Waals surface area contributed by atoms with Crippen LogP contribution in [0.1, 0.15) is 40.8 Å². The topological polar surface area (TPSA) is 74.6 Å². The van der Waals surface area contributed by atoms with Gasteiger partial charge in [0.15, 0.2) is 0 Å². The average Bonchev–Trinajstić information content (AvgIpc) is 3.09. The van der Waals surface area contributed by atoms with Gasteiger partial charge in [0.05, 0.1) is 19.8 Å². The minimum Gasteiger partial charge on any atom is -0.497 e. The van der Waals surface area contributed by atoms with Crippen LogP contribution in [0.3, 0.4) is 0 Å². The Hall–Kier alpha value is -2.56. The van der Waals surface area contributed by atoms with Crippen LogP contribution in [0, 0.1) is 11.3 Å². The number of fused-ring (bicyclic) bond motifs is 1. The number of aryl methyl sites for hydroxylation is 1. The van der Waals surface area contributed by atoms with Gasteiger partial charge < -0.3 is 19.7 Å². The number of amides is 1. The number of rotatable bonds is 8. The molecule has 1 heterocycles. The molecule has 29 heavy (non-hydrogen) atoms. The molecule has 1 N–H and O–H groups in total. The van der Waals surface area contributed by atoms with Gasteiger partial charge in [0.25, 0.3) is 0 Å². The zero-order valence-electron chi connectivity index (χ0n) is 17.2. The number of carbonyl (C=O) groups excluding carboxylic acids is 1. The lowest BCUT2D eigenvalue weighted by molar-refractivity contribution is -0.116. The molecule has 2 aromatic rings. The van der Waals surface area contributed by atoms with Gasteiger partial charge in [0.2, 0.25) is 5.91 Å². The van der Waals surface area contributed by atoms with Crippen LogP contribution in [0.2, 0.25) is 0 Å². The van der Waals surface area contributed by atoms with Gasteiger partial charge in [-0.05, 0) is 44.4 Å². The molecular formula is C22H27N3O3S. The highest BCUT2D eigenvalue weighted by Crippen LogP contribution is 2.37. The molecule has 1 aliphatic rings. The lowest BCUT2D eigenvalue weighted by atomic mass is 9.96. The predicted octanol–water partition coefficient (Wildman–Crippen LogP) is 3.98. The minimum absolute atomic E-state index is 0.0614. The fourth-order valence-electron chi connectivity index (χ4n) is 3.61. The van der Waals surface area contributed by atoms with Crippen LogP contribution in [-0.2, 0) is 24.2 Å². The van der Waals surface area contributed by atoms with Crippen molar-refractivity contribution in [2.45, 2.75) is 38.6 Å². The Kier molecular flexibility index (Phi) is 7.13. The van der Waals surface area contributed by atoms with Crippen LogP contribution >= 0.6 is 11.3 Å². The van der Waals surface area contributed by atoms with Crippen molar-refractivity contribution in [2.24, 2.45) is 0 Å². The quantitative estimate of drug-likeness (QED) is 0.709. The fraction of sp³-hybridized carbons (Fsp3) is 0.455. The summed E-state index contributed by atoms with van der Waals surface area (Å²) in [7, 11) is 5.24. The monoisotopic (exact) mass is 413 g/mol. The molecule has 1 amide bonds. The van der Waals surface area contributed by atoms with Gasteiger partial charge in [0, 0.05) is 36.0 Å². The molecule has 1 aromatic carbocycles. The Bertz CT molecular complexity index is 917. The molecule has 0 aliphatic heterocycles. The van der Waals surface area contributed by atoms with Crippen LogP contribution in [0.15, 0.2) is 18.2 Å². The Morgan fingerprint density at radius 3 is 2.79 bits per heavy atom. The second-order valence-electron chi connectivity index (χ2n) is 7.24. The van der Waals surface area contributed by atoms with Crippen LogP contribution in [-0.4, -0.2) is 38.6 Å². The molecule has 3 rings (SSSR count). The van der Waals surface area contributed by atoms with Gasteiger partial charge in [-0.1, -0.05) is 6.07 Å². The lowest BCUT2D eigenvalue weighted by Gasteiger charge is -2.18. The van der Waals surface area contributed by atoms with Gasteiger partial charge in [0.1, 0.15) is 22.6 Å². The summed E-state index contributed by atoms with van der Waals surface area (Å²) in [6.45, 7) is 1.27. The molecule has 154 valence electrons. The van der Waals surface area contributed by atoms with Gasteiger partial charge >= 0.3 is 0 Å². The van der Waals surface area contributed by atoms with Gasteiger partial charge in [-0.15, -0.1) is 11.3 Å². The zero-order valence-corrected chi connectivity index (χ0v) is 18.0.